The van der Waals surface area contributed by atoms with Crippen molar-refractivity contribution in [3.05, 3.63) is 29.3 Å². The second-order valence-corrected chi connectivity index (χ2v) is 7.33. The van der Waals surface area contributed by atoms with Gasteiger partial charge in [0.25, 0.3) is 0 Å². The van der Waals surface area contributed by atoms with Crippen LogP contribution in [0, 0.1) is 6.92 Å². The minimum Gasteiger partial charge on any atom is -0.317 e. The van der Waals surface area contributed by atoms with Crippen molar-refractivity contribution in [1.29, 1.82) is 0 Å². The molecule has 21 heavy (non-hydrogen) atoms. The Morgan fingerprint density at radius 2 is 2.19 bits per heavy atom. The number of nitrogens with one attached hydrogen (secondary N) is 1. The van der Waals surface area contributed by atoms with Gasteiger partial charge >= 0.3 is 0 Å². The smallest absolute Gasteiger partial charge is 0.236 e. The number of rotatable bonds is 3. The zero-order chi connectivity index (χ0) is 14.7. The van der Waals surface area contributed by atoms with Gasteiger partial charge in [0.1, 0.15) is 0 Å². The molecule has 1 aromatic rings. The number of aryl methyl sites for hydroxylation is 2. The van der Waals surface area contributed by atoms with Gasteiger partial charge in [-0.05, 0) is 57.3 Å². The molecule has 1 saturated heterocycles. The molecule has 2 heterocycles. The summed E-state index contributed by atoms with van der Waals surface area (Å²) < 4.78 is 0. The molecule has 0 bridgehead atoms. The van der Waals surface area contributed by atoms with E-state index in [1.54, 1.807) is 0 Å². The largest absolute Gasteiger partial charge is 0.317 e. The summed E-state index contributed by atoms with van der Waals surface area (Å²) in [6.07, 6.45) is 4.56. The summed E-state index contributed by atoms with van der Waals surface area (Å²) in [7, 11) is 0. The summed E-state index contributed by atoms with van der Waals surface area (Å²) in [5.74, 6) is 0.904. The Bertz CT molecular complexity index is 512. The zero-order valence-electron chi connectivity index (χ0n) is 12.7. The topological polar surface area (TPSA) is 32.3 Å². The van der Waals surface area contributed by atoms with Gasteiger partial charge in [-0.25, -0.2) is 0 Å². The summed E-state index contributed by atoms with van der Waals surface area (Å²) in [6.45, 7) is 5.19. The van der Waals surface area contributed by atoms with Crippen LogP contribution in [0.4, 0.5) is 5.69 Å². The monoisotopic (exact) mass is 304 g/mol. The number of amides is 1. The van der Waals surface area contributed by atoms with Gasteiger partial charge in [0, 0.05) is 17.5 Å². The molecule has 2 aliphatic rings. The van der Waals surface area contributed by atoms with Gasteiger partial charge in [-0.2, -0.15) is 0 Å². The molecule has 114 valence electrons. The van der Waals surface area contributed by atoms with E-state index in [0.717, 1.165) is 38.2 Å². The Balaban J connectivity index is 1.63. The molecule has 1 fully saturated rings. The van der Waals surface area contributed by atoms with Gasteiger partial charge in [0.2, 0.25) is 5.91 Å². The standard InChI is InChI=1S/C17H24N2OS/c1-13-4-5-16-14(11-13)3-2-10-19(16)17(20)12-21-15-6-8-18-9-7-15/h4-5,11,15,18H,2-3,6-10,12H2,1H3. The first kappa shape index (κ1) is 14.9. The molecule has 1 aromatic carbocycles. The van der Waals surface area contributed by atoms with Crippen LogP contribution in [-0.4, -0.2) is 36.5 Å². The highest BCUT2D eigenvalue weighted by Crippen LogP contribution is 2.29. The second kappa shape index (κ2) is 6.84. The van der Waals surface area contributed by atoms with Crippen molar-refractivity contribution in [2.24, 2.45) is 0 Å². The number of fused-ring (bicyclic) bond motifs is 1. The number of carbonyl (C=O) groups is 1. The average Bonchev–Trinajstić information content (AvgIpc) is 2.52. The van der Waals surface area contributed by atoms with Crippen LogP contribution >= 0.6 is 11.8 Å². The number of anilines is 1. The van der Waals surface area contributed by atoms with Crippen LogP contribution in [0.3, 0.4) is 0 Å². The third kappa shape index (κ3) is 3.61. The first-order valence-corrected chi connectivity index (χ1v) is 9.01. The Morgan fingerprint density at radius 1 is 1.38 bits per heavy atom. The fourth-order valence-electron chi connectivity index (χ4n) is 3.21. The third-order valence-electron chi connectivity index (χ3n) is 4.38. The SMILES string of the molecule is Cc1ccc2c(c1)CCCN2C(=O)CSC1CCNCC1. The number of hydrogen-bond donors (Lipinski definition) is 1. The first-order chi connectivity index (χ1) is 10.2. The van der Waals surface area contributed by atoms with Gasteiger partial charge < -0.3 is 10.2 Å². The predicted octanol–water partition coefficient (Wildman–Crippen LogP) is 2.76. The number of carbonyl (C=O) groups excluding carboxylic acids is 1. The molecule has 0 aliphatic carbocycles. The highest BCUT2D eigenvalue weighted by atomic mass is 32.2. The van der Waals surface area contributed by atoms with Crippen LogP contribution in [0.5, 0.6) is 0 Å². The zero-order valence-corrected chi connectivity index (χ0v) is 13.5. The fourth-order valence-corrected chi connectivity index (χ4v) is 4.32. The maximum absolute atomic E-state index is 12.6. The van der Waals surface area contributed by atoms with Crippen molar-refractivity contribution in [3.63, 3.8) is 0 Å². The van der Waals surface area contributed by atoms with Gasteiger partial charge in [-0.1, -0.05) is 17.7 Å². The maximum Gasteiger partial charge on any atom is 0.236 e. The van der Waals surface area contributed by atoms with Gasteiger partial charge in [-0.15, -0.1) is 11.8 Å². The quantitative estimate of drug-likeness (QED) is 0.932. The molecule has 0 aromatic heterocycles. The Kier molecular flexibility index (Phi) is 4.86. The van der Waals surface area contributed by atoms with E-state index in [-0.39, 0.29) is 5.91 Å². The van der Waals surface area contributed by atoms with Gasteiger partial charge in [-0.3, -0.25) is 4.79 Å². The number of nitrogens with zero attached hydrogens (tertiary/aromatic N) is 1. The summed E-state index contributed by atoms with van der Waals surface area (Å²) in [4.78, 5) is 14.6. The van der Waals surface area contributed by atoms with Crippen molar-refractivity contribution in [3.8, 4) is 0 Å². The van der Waals surface area contributed by atoms with Crippen molar-refractivity contribution in [1.82, 2.24) is 5.32 Å². The van der Waals surface area contributed by atoms with Crippen molar-refractivity contribution in [2.45, 2.75) is 37.9 Å². The average molecular weight is 304 g/mol. The molecule has 0 saturated carbocycles. The van der Waals surface area contributed by atoms with Crippen LogP contribution < -0.4 is 10.2 Å². The lowest BCUT2D eigenvalue weighted by molar-refractivity contribution is -0.116. The molecule has 1 amide bonds. The number of piperidine rings is 1. The molecule has 0 atom stereocenters. The van der Waals surface area contributed by atoms with E-state index in [2.05, 4.69) is 30.4 Å². The summed E-state index contributed by atoms with van der Waals surface area (Å²) in [5.41, 5.74) is 3.76. The Hall–Kier alpha value is -1.000. The highest BCUT2D eigenvalue weighted by molar-refractivity contribution is 8.00. The van der Waals surface area contributed by atoms with Gasteiger partial charge in [0.15, 0.2) is 0 Å². The number of hydrogen-bond acceptors (Lipinski definition) is 3. The maximum atomic E-state index is 12.6. The van der Waals surface area contributed by atoms with E-state index >= 15 is 0 Å². The van der Waals surface area contributed by atoms with E-state index in [0.29, 0.717) is 11.0 Å². The molecule has 1 N–H and O–H groups in total. The van der Waals surface area contributed by atoms with Crippen LogP contribution in [0.15, 0.2) is 18.2 Å². The van der Waals surface area contributed by atoms with Crippen LogP contribution in [0.1, 0.15) is 30.4 Å². The third-order valence-corrected chi connectivity index (χ3v) is 5.74. The lowest BCUT2D eigenvalue weighted by Crippen LogP contribution is -2.37. The number of thioether (sulfide) groups is 1. The highest BCUT2D eigenvalue weighted by Gasteiger charge is 2.23. The van der Waals surface area contributed by atoms with E-state index in [1.165, 1.54) is 24.0 Å². The molecule has 3 nitrogen and oxygen atoms in total. The summed E-state index contributed by atoms with van der Waals surface area (Å²) in [6, 6.07) is 6.47. The fraction of sp³-hybridized carbons (Fsp3) is 0.588. The minimum absolute atomic E-state index is 0.281. The van der Waals surface area contributed by atoms with E-state index in [9.17, 15) is 4.79 Å². The number of benzene rings is 1. The van der Waals surface area contributed by atoms with Crippen LogP contribution in [0.25, 0.3) is 0 Å². The molecular weight excluding hydrogens is 280 g/mol. The van der Waals surface area contributed by atoms with E-state index < -0.39 is 0 Å². The molecule has 0 unspecified atom stereocenters. The molecule has 4 heteroatoms. The Morgan fingerprint density at radius 3 is 3.00 bits per heavy atom. The van der Waals surface area contributed by atoms with Crippen molar-refractivity contribution in [2.75, 3.05) is 30.3 Å². The van der Waals surface area contributed by atoms with Crippen molar-refractivity contribution < 1.29 is 4.79 Å². The first-order valence-electron chi connectivity index (χ1n) is 7.96. The molecule has 3 rings (SSSR count). The van der Waals surface area contributed by atoms with E-state index in [4.69, 9.17) is 0 Å². The van der Waals surface area contributed by atoms with Crippen molar-refractivity contribution >= 4 is 23.4 Å². The second-order valence-electron chi connectivity index (χ2n) is 6.04. The Labute approximate surface area is 131 Å². The molecule has 0 radical (unpaired) electrons. The van der Waals surface area contributed by atoms with Crippen LogP contribution in [0.2, 0.25) is 0 Å². The molecule has 0 spiro atoms. The normalized spacial score (nSPS) is 19.4. The summed E-state index contributed by atoms with van der Waals surface area (Å²) in [5, 5.41) is 4.03. The molecule has 2 aliphatic heterocycles. The predicted molar refractivity (Wildman–Crippen MR) is 90.2 cm³/mol. The summed E-state index contributed by atoms with van der Waals surface area (Å²) >= 11 is 1.85. The van der Waals surface area contributed by atoms with E-state index in [1.807, 2.05) is 16.7 Å². The minimum atomic E-state index is 0.281. The van der Waals surface area contributed by atoms with Crippen LogP contribution in [-0.2, 0) is 11.2 Å². The lowest BCUT2D eigenvalue weighted by atomic mass is 9.99. The van der Waals surface area contributed by atoms with Gasteiger partial charge in [0.05, 0.1) is 5.75 Å². The lowest BCUT2D eigenvalue weighted by Gasteiger charge is -2.30. The molecular formula is C17H24N2OS.